The van der Waals surface area contributed by atoms with Gasteiger partial charge < -0.3 is 14.8 Å². The zero-order valence-electron chi connectivity index (χ0n) is 16.9. The van der Waals surface area contributed by atoms with Crippen LogP contribution in [-0.2, 0) is 14.3 Å². The Kier molecular flexibility index (Phi) is 6.37. The van der Waals surface area contributed by atoms with Crippen molar-refractivity contribution in [3.05, 3.63) is 72.3 Å². The van der Waals surface area contributed by atoms with E-state index in [4.69, 9.17) is 9.47 Å². The van der Waals surface area contributed by atoms with E-state index >= 15 is 0 Å². The third kappa shape index (κ3) is 4.34. The molecule has 0 fully saturated rings. The van der Waals surface area contributed by atoms with Crippen molar-refractivity contribution >= 4 is 12.1 Å². The molecule has 0 radical (unpaired) electrons. The van der Waals surface area contributed by atoms with Gasteiger partial charge in [-0.2, -0.15) is 0 Å². The monoisotopic (exact) mass is 393 g/mol. The second-order valence-corrected chi connectivity index (χ2v) is 7.46. The Labute approximate surface area is 171 Å². The first kappa shape index (κ1) is 20.6. The van der Waals surface area contributed by atoms with E-state index in [0.717, 1.165) is 17.5 Å². The number of hydrogen-bond acceptors (Lipinski definition) is 4. The van der Waals surface area contributed by atoms with Crippen LogP contribution in [0.5, 0.6) is 0 Å². The van der Waals surface area contributed by atoms with Gasteiger partial charge in [-0.05, 0) is 48.4 Å². The fourth-order valence-corrected chi connectivity index (χ4v) is 3.90. The molecular formula is C24H27NO4. The third-order valence-electron chi connectivity index (χ3n) is 5.44. The van der Waals surface area contributed by atoms with Gasteiger partial charge in [0, 0.05) is 5.92 Å². The molecule has 1 aliphatic rings. The van der Waals surface area contributed by atoms with Gasteiger partial charge in [-0.3, -0.25) is 0 Å². The van der Waals surface area contributed by atoms with Gasteiger partial charge in [0.15, 0.2) is 0 Å². The predicted octanol–water partition coefficient (Wildman–Crippen LogP) is 4.81. The minimum absolute atomic E-state index is 0.0294. The van der Waals surface area contributed by atoms with Crippen LogP contribution in [0, 0.1) is 0 Å². The first-order valence-corrected chi connectivity index (χ1v) is 9.82. The second-order valence-electron chi connectivity index (χ2n) is 7.46. The van der Waals surface area contributed by atoms with Gasteiger partial charge in [-0.1, -0.05) is 54.6 Å². The van der Waals surface area contributed by atoms with Gasteiger partial charge in [0.05, 0.1) is 7.11 Å². The Morgan fingerprint density at radius 1 is 1.10 bits per heavy atom. The van der Waals surface area contributed by atoms with Crippen molar-refractivity contribution in [3.63, 3.8) is 0 Å². The van der Waals surface area contributed by atoms with Crippen LogP contribution in [0.4, 0.5) is 4.79 Å². The minimum Gasteiger partial charge on any atom is -0.467 e. The highest BCUT2D eigenvalue weighted by molar-refractivity contribution is 5.85. The lowest BCUT2D eigenvalue weighted by atomic mass is 9.95. The zero-order chi connectivity index (χ0) is 20.9. The average Bonchev–Trinajstić information content (AvgIpc) is 3.05. The fourth-order valence-electron chi connectivity index (χ4n) is 3.90. The van der Waals surface area contributed by atoms with E-state index in [1.54, 1.807) is 13.0 Å². The number of nitrogens with one attached hydrogen (secondary N) is 1. The van der Waals surface area contributed by atoms with Gasteiger partial charge in [-0.25, -0.2) is 9.59 Å². The summed E-state index contributed by atoms with van der Waals surface area (Å²) in [5.41, 5.74) is 3.48. The zero-order valence-corrected chi connectivity index (χ0v) is 16.9. The van der Waals surface area contributed by atoms with Crippen LogP contribution in [-0.4, -0.2) is 31.3 Å². The maximum atomic E-state index is 12.5. The Hall–Kier alpha value is -3.08. The van der Waals surface area contributed by atoms with E-state index in [2.05, 4.69) is 36.2 Å². The second kappa shape index (κ2) is 8.95. The number of allylic oxidation sites excluding steroid dienone is 1. The van der Waals surface area contributed by atoms with Gasteiger partial charge >= 0.3 is 12.1 Å². The molecule has 1 aliphatic carbocycles. The fraction of sp³-hybridized carbons (Fsp3) is 0.333. The number of fused-ring (bicyclic) bond motifs is 3. The molecule has 0 saturated carbocycles. The molecule has 2 aromatic rings. The Morgan fingerprint density at radius 3 is 2.24 bits per heavy atom. The number of carbonyl (C=O) groups excluding carboxylic acids is 2. The Morgan fingerprint density at radius 2 is 1.69 bits per heavy atom. The first-order chi connectivity index (χ1) is 14.0. The molecule has 0 aliphatic heterocycles. The van der Waals surface area contributed by atoms with E-state index in [-0.39, 0.29) is 12.5 Å². The molecule has 0 aromatic heterocycles. The molecule has 29 heavy (non-hydrogen) atoms. The van der Waals surface area contributed by atoms with Crippen LogP contribution in [0.15, 0.2) is 61.2 Å². The Balaban J connectivity index is 1.70. The molecule has 1 N–H and O–H groups in total. The number of rotatable bonds is 8. The molecular weight excluding hydrogens is 366 g/mol. The number of amides is 1. The van der Waals surface area contributed by atoms with E-state index in [1.807, 2.05) is 24.3 Å². The maximum Gasteiger partial charge on any atom is 0.408 e. The number of benzene rings is 2. The predicted molar refractivity (Wildman–Crippen MR) is 113 cm³/mol. The first-order valence-electron chi connectivity index (χ1n) is 9.82. The largest absolute Gasteiger partial charge is 0.467 e. The summed E-state index contributed by atoms with van der Waals surface area (Å²) in [4.78, 5) is 24.8. The summed E-state index contributed by atoms with van der Waals surface area (Å²) in [5.74, 6) is -0.520. The number of unbranched alkanes of at least 4 members (excludes halogenated alkanes) is 1. The molecule has 0 bridgehead atoms. The molecule has 0 unspecified atom stereocenters. The minimum atomic E-state index is -1.14. The van der Waals surface area contributed by atoms with Crippen molar-refractivity contribution in [2.24, 2.45) is 0 Å². The summed E-state index contributed by atoms with van der Waals surface area (Å²) in [5, 5.41) is 2.70. The molecule has 2 aromatic carbocycles. The highest BCUT2D eigenvalue weighted by Gasteiger charge is 2.36. The van der Waals surface area contributed by atoms with E-state index in [0.29, 0.717) is 12.8 Å². The summed E-state index contributed by atoms with van der Waals surface area (Å²) in [6, 6.07) is 16.3. The van der Waals surface area contributed by atoms with Gasteiger partial charge in [0.1, 0.15) is 12.1 Å². The number of esters is 1. The third-order valence-corrected chi connectivity index (χ3v) is 5.44. The standard InChI is InChI=1S/C24H27NO4/c1-4-5-10-15-24(2,22(26)28-3)25-23(27)29-16-21-19-13-8-6-11-17(19)18-12-7-9-14-20(18)21/h4,6-9,11-14,21H,1,5,10,15-16H2,2-3H3,(H,25,27)/t24-/m0/s1. The van der Waals surface area contributed by atoms with Crippen LogP contribution in [0.3, 0.4) is 0 Å². The summed E-state index contributed by atoms with van der Waals surface area (Å²) in [6.07, 6.45) is 3.05. The molecule has 1 atom stereocenters. The lowest BCUT2D eigenvalue weighted by Gasteiger charge is -2.27. The normalized spacial score (nSPS) is 14.3. The van der Waals surface area contributed by atoms with E-state index in [1.165, 1.54) is 18.2 Å². The van der Waals surface area contributed by atoms with Crippen LogP contribution in [0.25, 0.3) is 11.1 Å². The quantitative estimate of drug-likeness (QED) is 0.397. The lowest BCUT2D eigenvalue weighted by molar-refractivity contribution is -0.148. The van der Waals surface area contributed by atoms with E-state index in [9.17, 15) is 9.59 Å². The average molecular weight is 393 g/mol. The van der Waals surface area contributed by atoms with Crippen LogP contribution >= 0.6 is 0 Å². The summed E-state index contributed by atoms with van der Waals surface area (Å²) >= 11 is 0. The highest BCUT2D eigenvalue weighted by Crippen LogP contribution is 2.44. The van der Waals surface area contributed by atoms with Crippen molar-refractivity contribution in [2.45, 2.75) is 37.6 Å². The highest BCUT2D eigenvalue weighted by atomic mass is 16.6. The number of methoxy groups -OCH3 is 1. The van der Waals surface area contributed by atoms with Crippen LogP contribution in [0.2, 0.25) is 0 Å². The number of carbonyl (C=O) groups is 2. The van der Waals surface area contributed by atoms with Crippen molar-refractivity contribution < 1.29 is 19.1 Å². The molecule has 0 heterocycles. The van der Waals surface area contributed by atoms with Crippen molar-refractivity contribution in [3.8, 4) is 11.1 Å². The lowest BCUT2D eigenvalue weighted by Crippen LogP contribution is -2.53. The Bertz CT molecular complexity index is 862. The number of alkyl carbamates (subject to hydrolysis) is 1. The van der Waals surface area contributed by atoms with E-state index < -0.39 is 17.6 Å². The number of ether oxygens (including phenoxy) is 2. The molecule has 0 spiro atoms. The molecule has 1 amide bonds. The molecule has 5 nitrogen and oxygen atoms in total. The maximum absolute atomic E-state index is 12.5. The molecule has 0 saturated heterocycles. The van der Waals surface area contributed by atoms with Gasteiger partial charge in [-0.15, -0.1) is 6.58 Å². The number of hydrogen-bond donors (Lipinski definition) is 1. The molecule has 3 rings (SSSR count). The summed E-state index contributed by atoms with van der Waals surface area (Å²) in [7, 11) is 1.31. The van der Waals surface area contributed by atoms with Crippen LogP contribution in [0.1, 0.15) is 43.2 Å². The summed E-state index contributed by atoms with van der Waals surface area (Å²) < 4.78 is 10.4. The van der Waals surface area contributed by atoms with Crippen LogP contribution < -0.4 is 5.32 Å². The molecule has 152 valence electrons. The summed E-state index contributed by atoms with van der Waals surface area (Å²) in [6.45, 7) is 5.54. The topological polar surface area (TPSA) is 64.6 Å². The van der Waals surface area contributed by atoms with Gasteiger partial charge in [0.2, 0.25) is 0 Å². The van der Waals surface area contributed by atoms with Crippen molar-refractivity contribution in [2.75, 3.05) is 13.7 Å². The van der Waals surface area contributed by atoms with Gasteiger partial charge in [0.25, 0.3) is 0 Å². The molecule has 5 heteroatoms. The van der Waals surface area contributed by atoms with Crippen molar-refractivity contribution in [1.29, 1.82) is 0 Å². The van der Waals surface area contributed by atoms with Crippen molar-refractivity contribution in [1.82, 2.24) is 5.32 Å². The SMILES string of the molecule is C=CCCC[C@](C)(NC(=O)OCC1c2ccccc2-c2ccccc21)C(=O)OC. The smallest absolute Gasteiger partial charge is 0.408 e.